The number of nitrogens with zero attached hydrogens (tertiary/aromatic N) is 1. The van der Waals surface area contributed by atoms with Gasteiger partial charge in [0.2, 0.25) is 5.91 Å². The van der Waals surface area contributed by atoms with Gasteiger partial charge in [0.05, 0.1) is 20.6 Å². The lowest BCUT2D eigenvalue weighted by atomic mass is 9.91. The van der Waals surface area contributed by atoms with Crippen LogP contribution in [0.4, 0.5) is 0 Å². The van der Waals surface area contributed by atoms with Crippen molar-refractivity contribution in [3.8, 4) is 11.5 Å². The third-order valence-corrected chi connectivity index (χ3v) is 4.44. The van der Waals surface area contributed by atoms with Crippen LogP contribution in [0.1, 0.15) is 25.3 Å². The fourth-order valence-electron chi connectivity index (χ4n) is 2.95. The third kappa shape index (κ3) is 5.01. The van der Waals surface area contributed by atoms with Gasteiger partial charge in [-0.25, -0.2) is 0 Å². The van der Waals surface area contributed by atoms with Gasteiger partial charge in [-0.05, 0) is 43.4 Å². The van der Waals surface area contributed by atoms with Crippen molar-refractivity contribution in [1.82, 2.24) is 4.90 Å². The number of nitrogens with two attached hydrogens (primary N) is 1. The summed E-state index contributed by atoms with van der Waals surface area (Å²) in [5.41, 5.74) is 6.88. The highest BCUT2D eigenvalue weighted by Crippen LogP contribution is 2.28. The first-order valence-corrected chi connectivity index (χ1v) is 7.79. The number of amides is 1. The second-order valence-electron chi connectivity index (χ2n) is 5.94. The van der Waals surface area contributed by atoms with Crippen molar-refractivity contribution in [2.75, 3.05) is 27.3 Å². The lowest BCUT2D eigenvalue weighted by Gasteiger charge is -2.33. The Bertz CT molecular complexity index is 515. The van der Waals surface area contributed by atoms with E-state index in [1.807, 2.05) is 30.0 Å². The molecule has 0 saturated carbocycles. The second kappa shape index (κ2) is 8.99. The van der Waals surface area contributed by atoms with E-state index in [0.29, 0.717) is 23.8 Å². The summed E-state index contributed by atoms with van der Waals surface area (Å²) in [4.78, 5) is 14.4. The lowest BCUT2D eigenvalue weighted by molar-refractivity contribution is -0.131. The van der Waals surface area contributed by atoms with Crippen LogP contribution < -0.4 is 15.2 Å². The summed E-state index contributed by atoms with van der Waals surface area (Å²) in [7, 11) is 3.20. The summed E-state index contributed by atoms with van der Waals surface area (Å²) in [6.07, 6.45) is 2.38. The maximum absolute atomic E-state index is 12.4. The molecule has 0 spiro atoms. The molecule has 1 saturated heterocycles. The molecule has 130 valence electrons. The Morgan fingerprint density at radius 3 is 2.39 bits per heavy atom. The van der Waals surface area contributed by atoms with Crippen molar-refractivity contribution in [2.24, 2.45) is 11.7 Å². The number of methoxy groups -OCH3 is 2. The van der Waals surface area contributed by atoms with Crippen molar-refractivity contribution in [2.45, 2.75) is 32.2 Å². The largest absolute Gasteiger partial charge is 0.493 e. The molecule has 1 aliphatic heterocycles. The van der Waals surface area contributed by atoms with E-state index in [1.54, 1.807) is 14.2 Å². The minimum atomic E-state index is 0. The molecular formula is C17H27ClN2O3. The van der Waals surface area contributed by atoms with Gasteiger partial charge in [0.25, 0.3) is 0 Å². The van der Waals surface area contributed by atoms with Gasteiger partial charge in [0.15, 0.2) is 11.5 Å². The van der Waals surface area contributed by atoms with E-state index in [1.165, 1.54) is 0 Å². The van der Waals surface area contributed by atoms with Gasteiger partial charge in [-0.15, -0.1) is 12.4 Å². The number of hydrogen-bond donors (Lipinski definition) is 1. The maximum atomic E-state index is 12.4. The molecule has 23 heavy (non-hydrogen) atoms. The summed E-state index contributed by atoms with van der Waals surface area (Å²) >= 11 is 0. The zero-order valence-electron chi connectivity index (χ0n) is 14.1. The molecule has 6 heteroatoms. The normalized spacial score (nSPS) is 16.4. The molecule has 0 bridgehead atoms. The molecule has 1 amide bonds. The number of benzene rings is 1. The number of halogens is 1. The highest BCUT2D eigenvalue weighted by molar-refractivity contribution is 5.85. The minimum absolute atomic E-state index is 0. The first kappa shape index (κ1) is 19.6. The molecule has 1 atom stereocenters. The predicted octanol–water partition coefficient (Wildman–Crippen LogP) is 2.25. The molecule has 1 unspecified atom stereocenters. The van der Waals surface area contributed by atoms with Gasteiger partial charge in [0.1, 0.15) is 0 Å². The van der Waals surface area contributed by atoms with Crippen LogP contribution in [-0.2, 0) is 11.2 Å². The van der Waals surface area contributed by atoms with Crippen LogP contribution in [0.5, 0.6) is 11.5 Å². The van der Waals surface area contributed by atoms with Crippen LogP contribution in [0.25, 0.3) is 0 Å². The minimum Gasteiger partial charge on any atom is -0.493 e. The number of carbonyl (C=O) groups excluding carboxylic acids is 1. The van der Waals surface area contributed by atoms with Crippen LogP contribution in [0.3, 0.4) is 0 Å². The highest BCUT2D eigenvalue weighted by Gasteiger charge is 2.24. The Balaban J connectivity index is 0.00000264. The topological polar surface area (TPSA) is 64.8 Å². The molecule has 0 radical (unpaired) electrons. The molecule has 2 rings (SSSR count). The number of piperidine rings is 1. The third-order valence-electron chi connectivity index (χ3n) is 4.44. The molecule has 1 fully saturated rings. The Morgan fingerprint density at radius 1 is 1.26 bits per heavy atom. The summed E-state index contributed by atoms with van der Waals surface area (Å²) in [6.45, 7) is 3.66. The summed E-state index contributed by atoms with van der Waals surface area (Å²) in [6, 6.07) is 5.83. The Morgan fingerprint density at radius 2 is 1.87 bits per heavy atom. The standard InChI is InChI=1S/C17H26N2O3.ClH/c1-12(18)14-6-8-19(9-7-14)17(20)11-13-4-5-15(21-2)16(10-13)22-3;/h4-5,10,12,14H,6-9,11,18H2,1-3H3;1H. The monoisotopic (exact) mass is 342 g/mol. The molecule has 1 aromatic rings. The Hall–Kier alpha value is -1.46. The zero-order valence-corrected chi connectivity index (χ0v) is 14.9. The zero-order chi connectivity index (χ0) is 16.1. The second-order valence-corrected chi connectivity index (χ2v) is 5.94. The fourth-order valence-corrected chi connectivity index (χ4v) is 2.95. The predicted molar refractivity (Wildman–Crippen MR) is 93.5 cm³/mol. The van der Waals surface area contributed by atoms with Gasteiger partial charge in [-0.3, -0.25) is 4.79 Å². The number of ether oxygens (including phenoxy) is 2. The average Bonchev–Trinajstić information content (AvgIpc) is 2.54. The lowest BCUT2D eigenvalue weighted by Crippen LogP contribution is -2.43. The number of carbonyl (C=O) groups is 1. The van der Waals surface area contributed by atoms with Crippen molar-refractivity contribution in [1.29, 1.82) is 0 Å². The van der Waals surface area contributed by atoms with E-state index in [-0.39, 0.29) is 24.4 Å². The van der Waals surface area contributed by atoms with Crippen molar-refractivity contribution in [3.63, 3.8) is 0 Å². The highest BCUT2D eigenvalue weighted by atomic mass is 35.5. The van der Waals surface area contributed by atoms with E-state index in [2.05, 4.69) is 0 Å². The van der Waals surface area contributed by atoms with Crippen LogP contribution in [-0.4, -0.2) is 44.2 Å². The first-order valence-electron chi connectivity index (χ1n) is 7.79. The number of rotatable bonds is 5. The first-order chi connectivity index (χ1) is 10.5. The summed E-state index contributed by atoms with van der Waals surface area (Å²) in [5.74, 6) is 2.03. The molecule has 1 aliphatic rings. The quantitative estimate of drug-likeness (QED) is 0.891. The van der Waals surface area contributed by atoms with Gasteiger partial charge in [-0.2, -0.15) is 0 Å². The van der Waals surface area contributed by atoms with Crippen LogP contribution in [0, 0.1) is 5.92 Å². The summed E-state index contributed by atoms with van der Waals surface area (Å²) < 4.78 is 10.5. The SMILES string of the molecule is COc1ccc(CC(=O)N2CCC(C(C)N)CC2)cc1OC.Cl. The van der Waals surface area contributed by atoms with Crippen LogP contribution in [0.15, 0.2) is 18.2 Å². The van der Waals surface area contributed by atoms with Crippen molar-refractivity contribution in [3.05, 3.63) is 23.8 Å². The van der Waals surface area contributed by atoms with E-state index in [0.717, 1.165) is 31.5 Å². The van der Waals surface area contributed by atoms with Crippen LogP contribution >= 0.6 is 12.4 Å². The van der Waals surface area contributed by atoms with Crippen molar-refractivity contribution < 1.29 is 14.3 Å². The fraction of sp³-hybridized carbons (Fsp3) is 0.588. The molecule has 2 N–H and O–H groups in total. The van der Waals surface area contributed by atoms with Gasteiger partial charge in [-0.1, -0.05) is 6.07 Å². The maximum Gasteiger partial charge on any atom is 0.226 e. The molecule has 1 aromatic carbocycles. The Labute approximate surface area is 144 Å². The molecule has 0 aliphatic carbocycles. The Kier molecular flexibility index (Phi) is 7.65. The molecule has 0 aromatic heterocycles. The average molecular weight is 343 g/mol. The van der Waals surface area contributed by atoms with Gasteiger partial charge >= 0.3 is 0 Å². The number of likely N-dealkylation sites (tertiary alicyclic amines) is 1. The van der Waals surface area contributed by atoms with Crippen LogP contribution in [0.2, 0.25) is 0 Å². The van der Waals surface area contributed by atoms with E-state index < -0.39 is 0 Å². The summed E-state index contributed by atoms with van der Waals surface area (Å²) in [5, 5.41) is 0. The number of hydrogen-bond acceptors (Lipinski definition) is 4. The van der Waals surface area contributed by atoms with E-state index in [9.17, 15) is 4.79 Å². The molecule has 5 nitrogen and oxygen atoms in total. The molecular weight excluding hydrogens is 316 g/mol. The van der Waals surface area contributed by atoms with E-state index >= 15 is 0 Å². The molecule has 1 heterocycles. The van der Waals surface area contributed by atoms with Gasteiger partial charge in [0, 0.05) is 19.1 Å². The van der Waals surface area contributed by atoms with E-state index in [4.69, 9.17) is 15.2 Å². The van der Waals surface area contributed by atoms with Gasteiger partial charge < -0.3 is 20.1 Å². The van der Waals surface area contributed by atoms with Crippen molar-refractivity contribution >= 4 is 18.3 Å². The smallest absolute Gasteiger partial charge is 0.226 e.